The molecule has 3 rings (SSSR count). The summed E-state index contributed by atoms with van der Waals surface area (Å²) in [6, 6.07) is 5.19. The number of nitrogens with one attached hydrogen (secondary N) is 1. The van der Waals surface area contributed by atoms with Crippen molar-refractivity contribution in [3.05, 3.63) is 53.1 Å². The van der Waals surface area contributed by atoms with E-state index in [4.69, 9.17) is 4.74 Å². The number of rotatable bonds is 4. The fourth-order valence-corrected chi connectivity index (χ4v) is 2.92. The zero-order chi connectivity index (χ0) is 20.6. The highest BCUT2D eigenvalue weighted by molar-refractivity contribution is 5.91. The van der Waals surface area contributed by atoms with Gasteiger partial charge in [0.1, 0.15) is 17.5 Å². The fourth-order valence-electron chi connectivity index (χ4n) is 2.92. The van der Waals surface area contributed by atoms with Crippen molar-refractivity contribution in [1.82, 2.24) is 9.97 Å². The van der Waals surface area contributed by atoms with Gasteiger partial charge in [0.25, 0.3) is 0 Å². The second-order valence-electron chi connectivity index (χ2n) is 6.23. The van der Waals surface area contributed by atoms with Gasteiger partial charge in [-0.05, 0) is 26.0 Å². The zero-order valence-electron chi connectivity index (χ0n) is 15.2. The number of methoxy groups -OCH3 is 1. The quantitative estimate of drug-likeness (QED) is 0.610. The predicted molar refractivity (Wildman–Crippen MR) is 95.9 cm³/mol. The molecule has 0 aliphatic carbocycles. The third kappa shape index (κ3) is 3.64. The summed E-state index contributed by atoms with van der Waals surface area (Å²) in [5.74, 6) is -0.629. The van der Waals surface area contributed by atoms with Crippen molar-refractivity contribution >= 4 is 16.7 Å². The molecule has 0 fully saturated rings. The molecule has 2 N–H and O–H groups in total. The minimum absolute atomic E-state index is 0.150. The highest BCUT2D eigenvalue weighted by Gasteiger charge is 2.35. The molecule has 9 heteroatoms. The fraction of sp³-hybridized carbons (Fsp3) is 0.263. The topological polar surface area (TPSA) is 67.3 Å². The average Bonchev–Trinajstić information content (AvgIpc) is 2.60. The molecule has 0 radical (unpaired) electrons. The number of phenols is 1. The van der Waals surface area contributed by atoms with Gasteiger partial charge in [0, 0.05) is 17.0 Å². The Morgan fingerprint density at radius 2 is 1.89 bits per heavy atom. The lowest BCUT2D eigenvalue weighted by Crippen LogP contribution is -2.15. The summed E-state index contributed by atoms with van der Waals surface area (Å²) in [6.07, 6.45) is -4.79. The smallest absolute Gasteiger partial charge is 0.419 e. The molecule has 0 unspecified atom stereocenters. The number of alkyl halides is 3. The van der Waals surface area contributed by atoms with E-state index in [0.717, 1.165) is 6.07 Å². The van der Waals surface area contributed by atoms with Crippen LogP contribution in [0.1, 0.15) is 29.9 Å². The molecule has 1 heterocycles. The van der Waals surface area contributed by atoms with Crippen LogP contribution in [-0.4, -0.2) is 22.2 Å². The Morgan fingerprint density at radius 1 is 1.18 bits per heavy atom. The Labute approximate surface area is 158 Å². The summed E-state index contributed by atoms with van der Waals surface area (Å²) in [7, 11) is 1.40. The Kier molecular flexibility index (Phi) is 5.01. The van der Waals surface area contributed by atoms with Gasteiger partial charge < -0.3 is 15.2 Å². The average molecular weight is 395 g/mol. The third-order valence-corrected chi connectivity index (χ3v) is 4.26. The van der Waals surface area contributed by atoms with Gasteiger partial charge in [-0.15, -0.1) is 0 Å². The van der Waals surface area contributed by atoms with E-state index in [0.29, 0.717) is 22.8 Å². The van der Waals surface area contributed by atoms with E-state index in [-0.39, 0.29) is 22.9 Å². The van der Waals surface area contributed by atoms with Crippen molar-refractivity contribution in [3.63, 3.8) is 0 Å². The maximum atomic E-state index is 14.4. The highest BCUT2D eigenvalue weighted by Crippen LogP contribution is 2.36. The van der Waals surface area contributed by atoms with Crippen LogP contribution in [0, 0.1) is 12.7 Å². The number of ether oxygens (including phenoxy) is 1. The van der Waals surface area contributed by atoms with Crippen molar-refractivity contribution in [2.24, 2.45) is 0 Å². The molecule has 28 heavy (non-hydrogen) atoms. The van der Waals surface area contributed by atoms with E-state index in [1.807, 2.05) is 0 Å². The van der Waals surface area contributed by atoms with Crippen LogP contribution >= 0.6 is 0 Å². The number of aromatic nitrogens is 2. The lowest BCUT2D eigenvalue weighted by molar-refractivity contribution is -0.140. The third-order valence-electron chi connectivity index (χ3n) is 4.26. The Balaban J connectivity index is 2.05. The molecule has 0 aliphatic heterocycles. The van der Waals surface area contributed by atoms with Crippen LogP contribution in [-0.2, 0) is 6.18 Å². The van der Waals surface area contributed by atoms with E-state index in [1.165, 1.54) is 32.2 Å². The van der Waals surface area contributed by atoms with Crippen LogP contribution in [0.15, 0.2) is 30.3 Å². The van der Waals surface area contributed by atoms with Gasteiger partial charge in [-0.1, -0.05) is 12.1 Å². The van der Waals surface area contributed by atoms with Gasteiger partial charge in [0.05, 0.1) is 24.2 Å². The number of aryl methyl sites for hydroxylation is 1. The van der Waals surface area contributed by atoms with Gasteiger partial charge in [0.15, 0.2) is 11.5 Å². The van der Waals surface area contributed by atoms with Crippen LogP contribution in [0.3, 0.4) is 0 Å². The highest BCUT2D eigenvalue weighted by atomic mass is 19.4. The normalized spacial score (nSPS) is 12.8. The number of halogens is 4. The van der Waals surface area contributed by atoms with Crippen molar-refractivity contribution in [2.75, 3.05) is 12.4 Å². The van der Waals surface area contributed by atoms with E-state index < -0.39 is 23.6 Å². The van der Waals surface area contributed by atoms with Crippen molar-refractivity contribution < 1.29 is 27.4 Å². The maximum absolute atomic E-state index is 14.4. The Morgan fingerprint density at radius 3 is 2.54 bits per heavy atom. The largest absolute Gasteiger partial charge is 0.504 e. The van der Waals surface area contributed by atoms with E-state index in [9.17, 15) is 22.7 Å². The van der Waals surface area contributed by atoms with Crippen LogP contribution < -0.4 is 10.1 Å². The lowest BCUT2D eigenvalue weighted by atomic mass is 10.0. The van der Waals surface area contributed by atoms with Gasteiger partial charge in [0.2, 0.25) is 0 Å². The molecule has 3 aromatic rings. The summed E-state index contributed by atoms with van der Waals surface area (Å²) in [5.41, 5.74) is -1.02. The van der Waals surface area contributed by atoms with Crippen molar-refractivity contribution in [1.29, 1.82) is 0 Å². The molecule has 5 nitrogen and oxygen atoms in total. The molecule has 0 spiro atoms. The number of hydrogen-bond acceptors (Lipinski definition) is 5. The first-order chi connectivity index (χ1) is 13.1. The lowest BCUT2D eigenvalue weighted by Gasteiger charge is -2.19. The standard InChI is InChI=1S/C19H17F4N3O2/c1-9(11-5-4-6-13(17(11)20)19(21,22)23)24-18-12-7-15(27)16(28-3)8-14(12)25-10(2)26-18/h4-9,27H,1-3H3,(H,24,25,26)/t9-/m1/s1. The number of hydrogen-bond donors (Lipinski definition) is 2. The Hall–Kier alpha value is -3.10. The van der Waals surface area contributed by atoms with E-state index in [2.05, 4.69) is 15.3 Å². The summed E-state index contributed by atoms with van der Waals surface area (Å²) in [6.45, 7) is 3.16. The maximum Gasteiger partial charge on any atom is 0.419 e. The minimum atomic E-state index is -4.79. The second-order valence-corrected chi connectivity index (χ2v) is 6.23. The first-order valence-electron chi connectivity index (χ1n) is 8.29. The van der Waals surface area contributed by atoms with Crippen LogP contribution in [0.25, 0.3) is 10.9 Å². The summed E-state index contributed by atoms with van der Waals surface area (Å²) in [4.78, 5) is 8.51. The molecule has 148 valence electrons. The number of phenolic OH excluding ortho intramolecular Hbond substituents is 1. The SMILES string of the molecule is COc1cc2nc(C)nc(N[C@H](C)c3cccc(C(F)(F)F)c3F)c2cc1O. The number of anilines is 1. The molecular weight excluding hydrogens is 378 g/mol. The monoisotopic (exact) mass is 395 g/mol. The van der Waals surface area contributed by atoms with Gasteiger partial charge in [-0.25, -0.2) is 14.4 Å². The molecule has 0 saturated carbocycles. The molecule has 0 amide bonds. The summed E-state index contributed by atoms with van der Waals surface area (Å²) < 4.78 is 58.4. The van der Waals surface area contributed by atoms with E-state index >= 15 is 0 Å². The van der Waals surface area contributed by atoms with Crippen molar-refractivity contribution in [3.8, 4) is 11.5 Å². The van der Waals surface area contributed by atoms with Gasteiger partial charge in [-0.2, -0.15) is 13.2 Å². The predicted octanol–water partition coefficient (Wildman–Crippen LogP) is 4.98. The molecule has 2 aromatic carbocycles. The van der Waals surface area contributed by atoms with Crippen LogP contribution in [0.2, 0.25) is 0 Å². The molecule has 1 atom stereocenters. The summed E-state index contributed by atoms with van der Waals surface area (Å²) in [5, 5.41) is 13.4. The summed E-state index contributed by atoms with van der Waals surface area (Å²) >= 11 is 0. The van der Waals surface area contributed by atoms with E-state index in [1.54, 1.807) is 6.92 Å². The van der Waals surface area contributed by atoms with Gasteiger partial charge in [-0.3, -0.25) is 0 Å². The minimum Gasteiger partial charge on any atom is -0.504 e. The molecular formula is C19H17F4N3O2. The van der Waals surface area contributed by atoms with Crippen molar-refractivity contribution in [2.45, 2.75) is 26.1 Å². The molecule has 1 aromatic heterocycles. The molecule has 0 bridgehead atoms. The zero-order valence-corrected chi connectivity index (χ0v) is 15.2. The number of fused-ring (bicyclic) bond motifs is 1. The molecule has 0 saturated heterocycles. The van der Waals surface area contributed by atoms with Gasteiger partial charge >= 0.3 is 6.18 Å². The van der Waals surface area contributed by atoms with Crippen LogP contribution in [0.5, 0.6) is 11.5 Å². The molecule has 0 aliphatic rings. The second kappa shape index (κ2) is 7.14. The number of aromatic hydroxyl groups is 1. The number of nitrogens with zero attached hydrogens (tertiary/aromatic N) is 2. The first-order valence-corrected chi connectivity index (χ1v) is 8.29. The Bertz CT molecular complexity index is 1040. The van der Waals surface area contributed by atoms with Crippen LogP contribution in [0.4, 0.5) is 23.4 Å². The number of benzene rings is 2. The first kappa shape index (κ1) is 19.7.